The second-order valence-electron chi connectivity index (χ2n) is 4.72. The molecule has 1 N–H and O–H groups in total. The maximum atomic E-state index is 3.87. The summed E-state index contributed by atoms with van der Waals surface area (Å²) >= 11 is 3.58. The summed E-state index contributed by atoms with van der Waals surface area (Å²) in [6.07, 6.45) is 3.10. The lowest BCUT2D eigenvalue weighted by Gasteiger charge is -2.28. The molecular formula is C16H25BrN2. The summed E-state index contributed by atoms with van der Waals surface area (Å²) in [5.74, 6) is 0. The molecule has 1 atom stereocenters. The van der Waals surface area contributed by atoms with Crippen molar-refractivity contribution in [2.24, 2.45) is 0 Å². The summed E-state index contributed by atoms with van der Waals surface area (Å²) < 4.78 is 1.13. The van der Waals surface area contributed by atoms with Crippen LogP contribution < -0.4 is 10.2 Å². The van der Waals surface area contributed by atoms with Gasteiger partial charge in [0.2, 0.25) is 0 Å². The zero-order valence-electron chi connectivity index (χ0n) is 12.2. The van der Waals surface area contributed by atoms with Gasteiger partial charge in [0.1, 0.15) is 0 Å². The van der Waals surface area contributed by atoms with Gasteiger partial charge in [-0.05, 0) is 37.6 Å². The molecule has 1 rings (SSSR count). The standard InChI is InChI=1S/C16H25BrN2/c1-5-10-19(11-6-2)16-12-14(17)8-9-15(16)13(4)18-7-3/h5,8-9,12-13,18H,1,6-7,10-11H2,2-4H3. The van der Waals surface area contributed by atoms with Crippen molar-refractivity contribution < 1.29 is 0 Å². The fourth-order valence-corrected chi connectivity index (χ4v) is 2.66. The number of nitrogens with zero attached hydrogens (tertiary/aromatic N) is 1. The summed E-state index contributed by atoms with van der Waals surface area (Å²) in [4.78, 5) is 2.39. The number of hydrogen-bond acceptors (Lipinski definition) is 2. The fourth-order valence-electron chi connectivity index (χ4n) is 2.31. The van der Waals surface area contributed by atoms with Crippen LogP contribution in [0.1, 0.15) is 38.8 Å². The van der Waals surface area contributed by atoms with Crippen LogP contribution in [0.5, 0.6) is 0 Å². The summed E-state index contributed by atoms with van der Waals surface area (Å²) in [6, 6.07) is 6.89. The third-order valence-electron chi connectivity index (χ3n) is 3.15. The van der Waals surface area contributed by atoms with Crippen LogP contribution in [0.25, 0.3) is 0 Å². The van der Waals surface area contributed by atoms with E-state index in [9.17, 15) is 0 Å². The Bertz CT molecular complexity index is 404. The third-order valence-corrected chi connectivity index (χ3v) is 3.65. The highest BCUT2D eigenvalue weighted by atomic mass is 79.9. The maximum Gasteiger partial charge on any atom is 0.0428 e. The number of rotatable bonds is 8. The molecule has 1 aromatic rings. The van der Waals surface area contributed by atoms with Crippen molar-refractivity contribution in [2.75, 3.05) is 24.5 Å². The van der Waals surface area contributed by atoms with Crippen molar-refractivity contribution in [1.29, 1.82) is 0 Å². The molecule has 1 aromatic carbocycles. The normalized spacial score (nSPS) is 12.2. The van der Waals surface area contributed by atoms with E-state index in [0.717, 1.165) is 30.5 Å². The first kappa shape index (κ1) is 16.3. The van der Waals surface area contributed by atoms with Crippen molar-refractivity contribution in [2.45, 2.75) is 33.2 Å². The smallest absolute Gasteiger partial charge is 0.0428 e. The Labute approximate surface area is 126 Å². The first-order chi connectivity index (χ1) is 9.13. The number of hydrogen-bond donors (Lipinski definition) is 1. The molecule has 0 fully saturated rings. The van der Waals surface area contributed by atoms with Crippen LogP contribution in [0.2, 0.25) is 0 Å². The zero-order valence-corrected chi connectivity index (χ0v) is 13.8. The van der Waals surface area contributed by atoms with Crippen LogP contribution in [0.15, 0.2) is 35.3 Å². The molecule has 0 radical (unpaired) electrons. The topological polar surface area (TPSA) is 15.3 Å². The van der Waals surface area contributed by atoms with Crippen molar-refractivity contribution >= 4 is 21.6 Å². The van der Waals surface area contributed by atoms with E-state index in [0.29, 0.717) is 6.04 Å². The van der Waals surface area contributed by atoms with Crippen LogP contribution in [0.4, 0.5) is 5.69 Å². The quantitative estimate of drug-likeness (QED) is 0.707. The second kappa shape index (κ2) is 8.39. The van der Waals surface area contributed by atoms with Gasteiger partial charge < -0.3 is 10.2 Å². The summed E-state index contributed by atoms with van der Waals surface area (Å²) in [5, 5.41) is 3.49. The number of benzene rings is 1. The molecular weight excluding hydrogens is 300 g/mol. The van der Waals surface area contributed by atoms with Gasteiger partial charge in [0.25, 0.3) is 0 Å². The molecule has 1 unspecified atom stereocenters. The number of nitrogens with one attached hydrogen (secondary N) is 1. The van der Waals surface area contributed by atoms with Crippen LogP contribution in [-0.2, 0) is 0 Å². The monoisotopic (exact) mass is 324 g/mol. The molecule has 0 bridgehead atoms. The largest absolute Gasteiger partial charge is 0.368 e. The average molecular weight is 325 g/mol. The lowest BCUT2D eigenvalue weighted by Crippen LogP contribution is -2.27. The van der Waals surface area contributed by atoms with Gasteiger partial charge in [-0.3, -0.25) is 0 Å². The Kier molecular flexibility index (Phi) is 7.17. The van der Waals surface area contributed by atoms with E-state index < -0.39 is 0 Å². The minimum atomic E-state index is 0.359. The molecule has 0 aromatic heterocycles. The predicted molar refractivity (Wildman–Crippen MR) is 88.9 cm³/mol. The lowest BCUT2D eigenvalue weighted by atomic mass is 10.0. The van der Waals surface area contributed by atoms with Crippen LogP contribution in [-0.4, -0.2) is 19.6 Å². The summed E-state index contributed by atoms with van der Waals surface area (Å²) in [5.41, 5.74) is 2.64. The first-order valence-electron chi connectivity index (χ1n) is 7.02. The van der Waals surface area contributed by atoms with Gasteiger partial charge in [0.05, 0.1) is 0 Å². The van der Waals surface area contributed by atoms with E-state index in [1.165, 1.54) is 11.3 Å². The molecule has 0 aliphatic carbocycles. The highest BCUT2D eigenvalue weighted by Crippen LogP contribution is 2.30. The molecule has 0 saturated carbocycles. The number of halogens is 1. The highest BCUT2D eigenvalue weighted by Gasteiger charge is 2.14. The second-order valence-corrected chi connectivity index (χ2v) is 5.63. The van der Waals surface area contributed by atoms with Gasteiger partial charge in [-0.15, -0.1) is 6.58 Å². The van der Waals surface area contributed by atoms with E-state index in [4.69, 9.17) is 0 Å². The van der Waals surface area contributed by atoms with Gasteiger partial charge in [-0.25, -0.2) is 0 Å². The zero-order chi connectivity index (χ0) is 14.3. The third kappa shape index (κ3) is 4.66. The Morgan fingerprint density at radius 1 is 1.42 bits per heavy atom. The van der Waals surface area contributed by atoms with Crippen LogP contribution >= 0.6 is 15.9 Å². The predicted octanol–water partition coefficient (Wildman–Crippen LogP) is 4.52. The Balaban J connectivity index is 3.12. The Hall–Kier alpha value is -0.800. The molecule has 0 spiro atoms. The Morgan fingerprint density at radius 3 is 2.74 bits per heavy atom. The van der Waals surface area contributed by atoms with Crippen molar-refractivity contribution in [3.8, 4) is 0 Å². The SMILES string of the molecule is C=CCN(CCC)c1cc(Br)ccc1C(C)NCC. The molecule has 0 amide bonds. The van der Waals surface area contributed by atoms with Gasteiger partial charge in [-0.1, -0.05) is 41.9 Å². The molecule has 0 saturated heterocycles. The molecule has 106 valence electrons. The van der Waals surface area contributed by atoms with Crippen molar-refractivity contribution in [3.63, 3.8) is 0 Å². The van der Waals surface area contributed by atoms with E-state index >= 15 is 0 Å². The minimum absolute atomic E-state index is 0.359. The van der Waals surface area contributed by atoms with E-state index in [1.54, 1.807) is 0 Å². The van der Waals surface area contributed by atoms with Crippen LogP contribution in [0.3, 0.4) is 0 Å². The van der Waals surface area contributed by atoms with Gasteiger partial charge in [-0.2, -0.15) is 0 Å². The molecule has 0 aliphatic rings. The number of anilines is 1. The fraction of sp³-hybridized carbons (Fsp3) is 0.500. The molecule has 3 heteroatoms. The van der Waals surface area contributed by atoms with Gasteiger partial charge in [0.15, 0.2) is 0 Å². The van der Waals surface area contributed by atoms with Gasteiger partial charge in [0, 0.05) is 29.3 Å². The molecule has 2 nitrogen and oxygen atoms in total. The Morgan fingerprint density at radius 2 is 2.16 bits per heavy atom. The first-order valence-corrected chi connectivity index (χ1v) is 7.82. The molecule has 0 heterocycles. The highest BCUT2D eigenvalue weighted by molar-refractivity contribution is 9.10. The minimum Gasteiger partial charge on any atom is -0.368 e. The van der Waals surface area contributed by atoms with E-state index in [2.05, 4.69) is 71.7 Å². The van der Waals surface area contributed by atoms with Crippen molar-refractivity contribution in [1.82, 2.24) is 5.32 Å². The van der Waals surface area contributed by atoms with Crippen LogP contribution in [0, 0.1) is 0 Å². The summed E-state index contributed by atoms with van der Waals surface area (Å²) in [6.45, 7) is 13.4. The maximum absolute atomic E-state index is 3.87. The molecule has 0 aliphatic heterocycles. The molecule has 19 heavy (non-hydrogen) atoms. The van der Waals surface area contributed by atoms with E-state index in [1.807, 2.05) is 6.08 Å². The average Bonchev–Trinajstić information content (AvgIpc) is 2.38. The summed E-state index contributed by atoms with van der Waals surface area (Å²) in [7, 11) is 0. The lowest BCUT2D eigenvalue weighted by molar-refractivity contribution is 0.596. The van der Waals surface area contributed by atoms with Crippen molar-refractivity contribution in [3.05, 3.63) is 40.9 Å². The van der Waals surface area contributed by atoms with E-state index in [-0.39, 0.29) is 0 Å². The van der Waals surface area contributed by atoms with Gasteiger partial charge >= 0.3 is 0 Å².